The SMILES string of the molecule is Cc1nc(CO)sc1-c1csc(NC(=O)C2CCCCCC2)n1. The van der Waals surface area contributed by atoms with Crippen molar-refractivity contribution in [2.24, 2.45) is 5.92 Å². The number of aliphatic hydroxyl groups excluding tert-OH is 1. The van der Waals surface area contributed by atoms with E-state index in [4.69, 9.17) is 0 Å². The molecule has 124 valence electrons. The molecule has 2 heterocycles. The zero-order chi connectivity index (χ0) is 16.2. The Morgan fingerprint density at radius 3 is 2.70 bits per heavy atom. The van der Waals surface area contributed by atoms with Gasteiger partial charge in [0.05, 0.1) is 22.9 Å². The molecular weight excluding hydrogens is 330 g/mol. The maximum absolute atomic E-state index is 12.4. The van der Waals surface area contributed by atoms with Gasteiger partial charge < -0.3 is 10.4 Å². The summed E-state index contributed by atoms with van der Waals surface area (Å²) in [5.74, 6) is 0.223. The van der Waals surface area contributed by atoms with Gasteiger partial charge in [0.1, 0.15) is 5.01 Å². The monoisotopic (exact) mass is 351 g/mol. The summed E-state index contributed by atoms with van der Waals surface area (Å²) < 4.78 is 0. The minimum absolute atomic E-state index is 0.0546. The van der Waals surface area contributed by atoms with E-state index >= 15 is 0 Å². The van der Waals surface area contributed by atoms with E-state index in [0.29, 0.717) is 10.1 Å². The summed E-state index contributed by atoms with van der Waals surface area (Å²) in [5.41, 5.74) is 1.69. The largest absolute Gasteiger partial charge is 0.389 e. The molecule has 7 heteroatoms. The highest BCUT2D eigenvalue weighted by molar-refractivity contribution is 7.17. The molecule has 23 heavy (non-hydrogen) atoms. The molecule has 1 aliphatic carbocycles. The predicted molar refractivity (Wildman–Crippen MR) is 93.7 cm³/mol. The average molecular weight is 351 g/mol. The quantitative estimate of drug-likeness (QED) is 0.817. The van der Waals surface area contributed by atoms with Crippen LogP contribution in [-0.4, -0.2) is 21.0 Å². The van der Waals surface area contributed by atoms with Gasteiger partial charge in [-0.25, -0.2) is 9.97 Å². The smallest absolute Gasteiger partial charge is 0.229 e. The first kappa shape index (κ1) is 16.5. The number of hydrogen-bond donors (Lipinski definition) is 2. The Bertz CT molecular complexity index is 673. The minimum atomic E-state index is -0.0546. The molecular formula is C16H21N3O2S2. The second kappa shape index (κ2) is 7.51. The first-order valence-corrected chi connectivity index (χ1v) is 9.71. The highest BCUT2D eigenvalue weighted by Gasteiger charge is 2.21. The predicted octanol–water partition coefficient (Wildman–Crippen LogP) is 3.98. The van der Waals surface area contributed by atoms with Crippen LogP contribution in [0.3, 0.4) is 0 Å². The van der Waals surface area contributed by atoms with E-state index in [-0.39, 0.29) is 18.4 Å². The lowest BCUT2D eigenvalue weighted by atomic mass is 10.00. The number of hydrogen-bond acceptors (Lipinski definition) is 6. The van der Waals surface area contributed by atoms with Crippen molar-refractivity contribution in [2.45, 2.75) is 52.1 Å². The molecule has 5 nitrogen and oxygen atoms in total. The molecule has 0 radical (unpaired) electrons. The number of aryl methyl sites for hydroxylation is 1. The van der Waals surface area contributed by atoms with Gasteiger partial charge in [0.15, 0.2) is 5.13 Å². The summed E-state index contributed by atoms with van der Waals surface area (Å²) in [6.07, 6.45) is 6.73. The first-order valence-electron chi connectivity index (χ1n) is 8.01. The van der Waals surface area contributed by atoms with Crippen molar-refractivity contribution in [2.75, 3.05) is 5.32 Å². The van der Waals surface area contributed by atoms with E-state index in [1.807, 2.05) is 12.3 Å². The average Bonchev–Trinajstić information content (AvgIpc) is 3.04. The van der Waals surface area contributed by atoms with Gasteiger partial charge in [0.2, 0.25) is 5.91 Å². The van der Waals surface area contributed by atoms with Crippen LogP contribution in [0.5, 0.6) is 0 Å². The number of aromatic nitrogens is 2. The summed E-state index contributed by atoms with van der Waals surface area (Å²) in [6, 6.07) is 0. The number of thiazole rings is 2. The Kier molecular flexibility index (Phi) is 5.40. The van der Waals surface area contributed by atoms with Gasteiger partial charge in [-0.05, 0) is 19.8 Å². The summed E-state index contributed by atoms with van der Waals surface area (Å²) in [7, 11) is 0. The van der Waals surface area contributed by atoms with Gasteiger partial charge in [-0.1, -0.05) is 25.7 Å². The molecule has 0 bridgehead atoms. The van der Waals surface area contributed by atoms with E-state index in [1.54, 1.807) is 0 Å². The summed E-state index contributed by atoms with van der Waals surface area (Å²) in [5, 5.41) is 15.4. The van der Waals surface area contributed by atoms with Crippen molar-refractivity contribution >= 4 is 33.7 Å². The minimum Gasteiger partial charge on any atom is -0.389 e. The molecule has 1 fully saturated rings. The van der Waals surface area contributed by atoms with Crippen LogP contribution in [0.4, 0.5) is 5.13 Å². The zero-order valence-corrected chi connectivity index (χ0v) is 14.8. The molecule has 3 rings (SSSR count). The van der Waals surface area contributed by atoms with E-state index in [1.165, 1.54) is 35.5 Å². The third-order valence-electron chi connectivity index (χ3n) is 4.17. The Morgan fingerprint density at radius 2 is 2.04 bits per heavy atom. The molecule has 0 spiro atoms. The van der Waals surface area contributed by atoms with Crippen molar-refractivity contribution in [1.29, 1.82) is 0 Å². The van der Waals surface area contributed by atoms with Gasteiger partial charge >= 0.3 is 0 Å². The lowest BCUT2D eigenvalue weighted by Gasteiger charge is -2.12. The van der Waals surface area contributed by atoms with Crippen molar-refractivity contribution < 1.29 is 9.90 Å². The number of aliphatic hydroxyl groups is 1. The fourth-order valence-electron chi connectivity index (χ4n) is 2.94. The van der Waals surface area contributed by atoms with Crippen LogP contribution in [0.2, 0.25) is 0 Å². The van der Waals surface area contributed by atoms with Crippen molar-refractivity contribution in [3.8, 4) is 10.6 Å². The second-order valence-electron chi connectivity index (χ2n) is 5.90. The Labute approximate surface area is 143 Å². The first-order chi connectivity index (χ1) is 11.2. The van der Waals surface area contributed by atoms with Gasteiger partial charge in [0.25, 0.3) is 0 Å². The van der Waals surface area contributed by atoms with Crippen molar-refractivity contribution in [3.63, 3.8) is 0 Å². The number of carbonyl (C=O) groups is 1. The van der Waals surface area contributed by atoms with Gasteiger partial charge in [-0.3, -0.25) is 4.79 Å². The molecule has 1 amide bonds. The van der Waals surface area contributed by atoms with Gasteiger partial charge in [0, 0.05) is 11.3 Å². The summed E-state index contributed by atoms with van der Waals surface area (Å²) in [6.45, 7) is 1.86. The number of amides is 1. The summed E-state index contributed by atoms with van der Waals surface area (Å²) in [4.78, 5) is 22.2. The molecule has 0 saturated heterocycles. The Balaban J connectivity index is 1.69. The van der Waals surface area contributed by atoms with Crippen LogP contribution >= 0.6 is 22.7 Å². The Hall–Kier alpha value is -1.31. The number of nitrogens with zero attached hydrogens (tertiary/aromatic N) is 2. The van der Waals surface area contributed by atoms with Crippen LogP contribution in [0.1, 0.15) is 49.2 Å². The lowest BCUT2D eigenvalue weighted by molar-refractivity contribution is -0.120. The number of anilines is 1. The van der Waals surface area contributed by atoms with Crippen LogP contribution in [0.25, 0.3) is 10.6 Å². The van der Waals surface area contributed by atoms with Crippen LogP contribution < -0.4 is 5.32 Å². The third-order valence-corrected chi connectivity index (χ3v) is 6.09. The lowest BCUT2D eigenvalue weighted by Crippen LogP contribution is -2.22. The molecule has 0 aliphatic heterocycles. The van der Waals surface area contributed by atoms with Crippen LogP contribution in [0.15, 0.2) is 5.38 Å². The van der Waals surface area contributed by atoms with Crippen molar-refractivity contribution in [1.82, 2.24) is 9.97 Å². The molecule has 2 N–H and O–H groups in total. The highest BCUT2D eigenvalue weighted by Crippen LogP contribution is 2.33. The fraction of sp³-hybridized carbons (Fsp3) is 0.562. The molecule has 0 unspecified atom stereocenters. The number of carbonyl (C=O) groups excluding carboxylic acids is 1. The second-order valence-corrected chi connectivity index (χ2v) is 7.84. The van der Waals surface area contributed by atoms with E-state index in [9.17, 15) is 9.90 Å². The maximum atomic E-state index is 12.4. The molecule has 2 aromatic heterocycles. The molecule has 0 aromatic carbocycles. The van der Waals surface area contributed by atoms with Crippen molar-refractivity contribution in [3.05, 3.63) is 16.1 Å². The third kappa shape index (κ3) is 3.97. The number of nitrogens with one attached hydrogen (secondary N) is 1. The summed E-state index contributed by atoms with van der Waals surface area (Å²) >= 11 is 2.89. The molecule has 1 saturated carbocycles. The molecule has 2 aromatic rings. The standard InChI is InChI=1S/C16H21N3O2S2/c1-10-14(23-13(8-20)17-10)12-9-22-16(18-12)19-15(21)11-6-4-2-3-5-7-11/h9,11,20H,2-8H2,1H3,(H,18,19,21). The highest BCUT2D eigenvalue weighted by atomic mass is 32.1. The zero-order valence-electron chi connectivity index (χ0n) is 13.2. The van der Waals surface area contributed by atoms with Gasteiger partial charge in [-0.2, -0.15) is 0 Å². The fourth-order valence-corrected chi connectivity index (χ4v) is 4.61. The molecule has 1 aliphatic rings. The van der Waals surface area contributed by atoms with Crippen LogP contribution in [0, 0.1) is 12.8 Å². The topological polar surface area (TPSA) is 75.1 Å². The number of rotatable bonds is 4. The molecule has 0 atom stereocenters. The van der Waals surface area contributed by atoms with E-state index in [0.717, 1.165) is 41.9 Å². The Morgan fingerprint density at radius 1 is 1.30 bits per heavy atom. The van der Waals surface area contributed by atoms with Gasteiger partial charge in [-0.15, -0.1) is 22.7 Å². The maximum Gasteiger partial charge on any atom is 0.229 e. The van der Waals surface area contributed by atoms with Crippen LogP contribution in [-0.2, 0) is 11.4 Å². The van der Waals surface area contributed by atoms with E-state index < -0.39 is 0 Å². The normalized spacial score (nSPS) is 16.3. The van der Waals surface area contributed by atoms with E-state index in [2.05, 4.69) is 15.3 Å².